The summed E-state index contributed by atoms with van der Waals surface area (Å²) in [5.74, 6) is 0.548. The number of hydrogen-bond donors (Lipinski definition) is 3. The Morgan fingerprint density at radius 2 is 1.86 bits per heavy atom. The van der Waals surface area contributed by atoms with Gasteiger partial charge >= 0.3 is 131 Å². The molecule has 1 aromatic carbocycles. The molecule has 0 aliphatic carbocycles. The first-order valence-electron chi connectivity index (χ1n) is 5.85. The Balaban J connectivity index is 2.35. The van der Waals surface area contributed by atoms with E-state index in [9.17, 15) is 9.79 Å². The van der Waals surface area contributed by atoms with Gasteiger partial charge in [0.25, 0.3) is 0 Å². The molecule has 1 heterocycles. The number of para-hydroxylation sites is 2. The molecule has 0 atom stereocenters. The fraction of sp³-hybridized carbons (Fsp3) is 0.167. The van der Waals surface area contributed by atoms with Crippen LogP contribution in [0.25, 0.3) is 0 Å². The molecule has 0 unspecified atom stereocenters. The molecular weight excluding hydrogens is 336 g/mol. The van der Waals surface area contributed by atoms with Crippen LogP contribution in [0.5, 0.6) is 5.75 Å². The van der Waals surface area contributed by atoms with Gasteiger partial charge in [-0.15, -0.1) is 0 Å². The summed E-state index contributed by atoms with van der Waals surface area (Å²) in [7, 11) is -4.17. The van der Waals surface area contributed by atoms with Crippen LogP contribution in [0.1, 0.15) is 0 Å². The summed E-state index contributed by atoms with van der Waals surface area (Å²) in [6.45, 7) is 2.49. The predicted molar refractivity (Wildman–Crippen MR) is 85.6 cm³/mol. The van der Waals surface area contributed by atoms with Crippen LogP contribution in [-0.4, -0.2) is 33.1 Å². The molecule has 2 rings (SSSR count). The molecule has 0 radical (unpaired) electrons. The van der Waals surface area contributed by atoms with Gasteiger partial charge in [-0.3, -0.25) is 0 Å². The molecule has 2 aromatic rings. The van der Waals surface area contributed by atoms with E-state index in [0.717, 1.165) is 0 Å². The van der Waals surface area contributed by atoms with Crippen molar-refractivity contribution in [1.82, 2.24) is 9.97 Å². The van der Waals surface area contributed by atoms with Gasteiger partial charge in [0.1, 0.15) is 0 Å². The maximum absolute atomic E-state index is 9.89. The molecule has 9 heteroatoms. The van der Waals surface area contributed by atoms with Crippen LogP contribution in [0.2, 0.25) is 10.3 Å². The second kappa shape index (κ2) is 5.55. The van der Waals surface area contributed by atoms with Crippen molar-refractivity contribution >= 4 is 42.0 Å². The number of nitrogens with zero attached hydrogens (tertiary/aromatic N) is 2. The van der Waals surface area contributed by atoms with Crippen LogP contribution in [-0.2, 0) is 0 Å². The molecule has 0 spiro atoms. The summed E-state index contributed by atoms with van der Waals surface area (Å²) in [5, 5.41) is 3.24. The molecule has 0 bridgehead atoms. The standard InChI is InChI=1S/C12H14Cl2N3O3P/c1-21(2,18,19)20-10-6-4-3-5-9(10)16-11-8(13)7-15-12(14)17-11/h3-7,18-19H,1-2H3,(H,15,16,17). The fourth-order valence-corrected chi connectivity index (χ4v) is 2.50. The van der Waals surface area contributed by atoms with Crippen molar-refractivity contribution in [3.8, 4) is 5.75 Å². The molecule has 0 fully saturated rings. The molecule has 0 aliphatic heterocycles. The first-order valence-corrected chi connectivity index (χ1v) is 9.56. The number of anilines is 2. The van der Waals surface area contributed by atoms with E-state index in [1.54, 1.807) is 24.3 Å². The fourth-order valence-electron chi connectivity index (χ4n) is 1.50. The van der Waals surface area contributed by atoms with Gasteiger partial charge in [0.05, 0.1) is 0 Å². The third kappa shape index (κ3) is 4.95. The Morgan fingerprint density at radius 3 is 2.52 bits per heavy atom. The quantitative estimate of drug-likeness (QED) is 0.578. The third-order valence-electron chi connectivity index (χ3n) is 2.22. The predicted octanol–water partition coefficient (Wildman–Crippen LogP) is 3.45. The van der Waals surface area contributed by atoms with Crippen molar-refractivity contribution in [2.24, 2.45) is 0 Å². The second-order valence-corrected chi connectivity index (χ2v) is 9.57. The summed E-state index contributed by atoms with van der Waals surface area (Å²) in [4.78, 5) is 27.5. The second-order valence-electron chi connectivity index (χ2n) is 4.91. The Bertz CT molecular complexity index is 667. The Hall–Kier alpha value is -1.17. The first-order chi connectivity index (χ1) is 9.60. The number of hydrogen-bond acceptors (Lipinski definition) is 6. The molecule has 3 N–H and O–H groups in total. The van der Waals surface area contributed by atoms with Crippen LogP contribution in [0.3, 0.4) is 0 Å². The molecular formula is C12H14Cl2N3O3P. The summed E-state index contributed by atoms with van der Waals surface area (Å²) >= 11 is 11.7. The van der Waals surface area contributed by atoms with Crippen molar-refractivity contribution in [1.29, 1.82) is 0 Å². The Morgan fingerprint density at radius 1 is 1.19 bits per heavy atom. The summed E-state index contributed by atoms with van der Waals surface area (Å²) in [6, 6.07) is 6.74. The number of aromatic nitrogens is 2. The average molecular weight is 350 g/mol. The normalized spacial score (nSPS) is 13.3. The molecule has 0 amide bonds. The number of benzene rings is 1. The van der Waals surface area contributed by atoms with E-state index >= 15 is 0 Å². The van der Waals surface area contributed by atoms with Gasteiger partial charge in [-0.05, 0) is 0 Å². The number of rotatable bonds is 4. The van der Waals surface area contributed by atoms with Crippen molar-refractivity contribution in [3.63, 3.8) is 0 Å². The molecule has 114 valence electrons. The summed E-state index contributed by atoms with van der Waals surface area (Å²) < 4.78 is 5.32. The zero-order valence-electron chi connectivity index (χ0n) is 11.3. The minimum atomic E-state index is -4.17. The van der Waals surface area contributed by atoms with E-state index < -0.39 is 7.28 Å². The van der Waals surface area contributed by atoms with Crippen molar-refractivity contribution in [2.75, 3.05) is 18.6 Å². The number of halogens is 2. The monoisotopic (exact) mass is 349 g/mol. The van der Waals surface area contributed by atoms with Gasteiger partial charge in [0, 0.05) is 0 Å². The van der Waals surface area contributed by atoms with E-state index in [4.69, 9.17) is 27.7 Å². The average Bonchev–Trinajstić information content (AvgIpc) is 2.33. The Labute approximate surface area is 131 Å². The molecule has 0 saturated carbocycles. The first kappa shape index (κ1) is 16.2. The van der Waals surface area contributed by atoms with Crippen LogP contribution in [0.4, 0.5) is 11.5 Å². The molecule has 6 nitrogen and oxygen atoms in total. The van der Waals surface area contributed by atoms with E-state index in [1.165, 1.54) is 19.5 Å². The number of nitrogens with one attached hydrogen (secondary N) is 1. The summed E-state index contributed by atoms with van der Waals surface area (Å²) in [5.41, 5.74) is 0.468. The van der Waals surface area contributed by atoms with Gasteiger partial charge in [0.2, 0.25) is 0 Å². The maximum atomic E-state index is 9.89. The van der Waals surface area contributed by atoms with Crippen LogP contribution >= 0.6 is 30.5 Å². The van der Waals surface area contributed by atoms with E-state index in [-0.39, 0.29) is 21.9 Å². The molecule has 0 saturated heterocycles. The minimum absolute atomic E-state index is 0.0372. The third-order valence-corrected chi connectivity index (χ3v) is 3.40. The van der Waals surface area contributed by atoms with Crippen LogP contribution in [0, 0.1) is 0 Å². The van der Waals surface area contributed by atoms with Gasteiger partial charge in [-0.1, -0.05) is 0 Å². The van der Waals surface area contributed by atoms with Crippen molar-refractivity contribution in [2.45, 2.75) is 0 Å². The van der Waals surface area contributed by atoms with Crippen molar-refractivity contribution in [3.05, 3.63) is 40.8 Å². The van der Waals surface area contributed by atoms with Gasteiger partial charge in [-0.25, -0.2) is 0 Å². The summed E-state index contributed by atoms with van der Waals surface area (Å²) in [6.07, 6.45) is 1.36. The SMILES string of the molecule is CP(C)(O)(O)Oc1ccccc1Nc1nc(Cl)ncc1Cl. The molecule has 0 aliphatic rings. The van der Waals surface area contributed by atoms with Crippen LogP contribution in [0.15, 0.2) is 30.5 Å². The van der Waals surface area contributed by atoms with E-state index in [2.05, 4.69) is 15.3 Å². The van der Waals surface area contributed by atoms with Gasteiger partial charge < -0.3 is 0 Å². The van der Waals surface area contributed by atoms with E-state index in [1.807, 2.05) is 0 Å². The van der Waals surface area contributed by atoms with Gasteiger partial charge in [-0.2, -0.15) is 0 Å². The van der Waals surface area contributed by atoms with Crippen molar-refractivity contribution < 1.29 is 14.3 Å². The zero-order valence-corrected chi connectivity index (χ0v) is 13.7. The molecule has 21 heavy (non-hydrogen) atoms. The Kier molecular flexibility index (Phi) is 4.29. The van der Waals surface area contributed by atoms with E-state index in [0.29, 0.717) is 5.69 Å². The topological polar surface area (TPSA) is 87.5 Å². The van der Waals surface area contributed by atoms with Crippen LogP contribution < -0.4 is 9.84 Å². The van der Waals surface area contributed by atoms with Gasteiger partial charge in [0.15, 0.2) is 0 Å². The zero-order chi connectivity index (χ0) is 15.7. The molecule has 1 aromatic heterocycles.